The van der Waals surface area contributed by atoms with Crippen LogP contribution in [0.3, 0.4) is 0 Å². The van der Waals surface area contributed by atoms with Gasteiger partial charge in [0.05, 0.1) is 12.6 Å². The van der Waals surface area contributed by atoms with E-state index in [1.54, 1.807) is 0 Å². The van der Waals surface area contributed by atoms with E-state index in [1.807, 2.05) is 18.7 Å². The molecule has 0 aliphatic carbocycles. The molecule has 0 aromatic carbocycles. The average Bonchev–Trinajstić information content (AvgIpc) is 2.95. The van der Waals surface area contributed by atoms with E-state index in [-0.39, 0.29) is 30.1 Å². The molecule has 5 heteroatoms. The van der Waals surface area contributed by atoms with Crippen LogP contribution in [0, 0.1) is 0 Å². The van der Waals surface area contributed by atoms with Crippen molar-refractivity contribution in [1.29, 1.82) is 0 Å². The molecule has 22 heavy (non-hydrogen) atoms. The molecular weight excluding hydrogens is 286 g/mol. The summed E-state index contributed by atoms with van der Waals surface area (Å²) in [4.78, 5) is 4.36. The number of nitrogens with zero attached hydrogens (tertiary/aromatic N) is 2. The predicted octanol–water partition coefficient (Wildman–Crippen LogP) is 3.39. The first-order chi connectivity index (χ1) is 10.00. The topological polar surface area (TPSA) is 15.7 Å². The summed E-state index contributed by atoms with van der Waals surface area (Å²) in [6, 6.07) is 0. The second-order valence-corrected chi connectivity index (χ2v) is 8.49. The second kappa shape index (κ2) is 6.33. The number of halogens is 2. The molecule has 0 aromatic heterocycles. The van der Waals surface area contributed by atoms with E-state index in [0.29, 0.717) is 13.2 Å². The maximum atomic E-state index is 13.4. The number of ether oxygens (including phenoxy) is 1. The van der Waals surface area contributed by atoms with Crippen LogP contribution in [0.4, 0.5) is 8.78 Å². The zero-order valence-electron chi connectivity index (χ0n) is 14.8. The summed E-state index contributed by atoms with van der Waals surface area (Å²) in [6.45, 7) is 13.9. The molecule has 0 bridgehead atoms. The Balaban J connectivity index is 1.72. The largest absolute Gasteiger partial charge is 0.377 e. The van der Waals surface area contributed by atoms with Gasteiger partial charge in [0, 0.05) is 43.7 Å². The fourth-order valence-electron chi connectivity index (χ4n) is 3.36. The van der Waals surface area contributed by atoms with Gasteiger partial charge in [-0.2, -0.15) is 0 Å². The van der Waals surface area contributed by atoms with E-state index in [0.717, 1.165) is 25.9 Å². The zero-order chi connectivity index (χ0) is 16.6. The summed E-state index contributed by atoms with van der Waals surface area (Å²) in [7, 11) is 0. The first-order valence-electron chi connectivity index (χ1n) is 8.49. The lowest BCUT2D eigenvalue weighted by Crippen LogP contribution is -2.44. The fourth-order valence-corrected chi connectivity index (χ4v) is 3.36. The lowest BCUT2D eigenvalue weighted by molar-refractivity contribution is -0.0120. The minimum absolute atomic E-state index is 0.0134. The molecular formula is C17H32F2N2O. The molecule has 2 aliphatic heterocycles. The van der Waals surface area contributed by atoms with Crippen LogP contribution >= 0.6 is 0 Å². The molecule has 3 nitrogen and oxygen atoms in total. The maximum Gasteiger partial charge on any atom is 0.261 e. The van der Waals surface area contributed by atoms with Gasteiger partial charge in [0.1, 0.15) is 0 Å². The van der Waals surface area contributed by atoms with Crippen LogP contribution < -0.4 is 0 Å². The minimum atomic E-state index is -2.52. The minimum Gasteiger partial charge on any atom is -0.377 e. The average molecular weight is 318 g/mol. The second-order valence-electron chi connectivity index (χ2n) is 8.49. The van der Waals surface area contributed by atoms with Crippen LogP contribution in [0.2, 0.25) is 0 Å². The number of alkyl halides is 2. The highest BCUT2D eigenvalue weighted by atomic mass is 19.3. The molecule has 0 saturated carbocycles. The summed E-state index contributed by atoms with van der Waals surface area (Å²) < 4.78 is 32.8. The third kappa shape index (κ3) is 4.62. The molecule has 2 fully saturated rings. The Labute approximate surface area is 134 Å². The molecule has 2 heterocycles. The van der Waals surface area contributed by atoms with Crippen molar-refractivity contribution in [3.05, 3.63) is 0 Å². The molecule has 0 radical (unpaired) electrons. The van der Waals surface area contributed by atoms with Crippen molar-refractivity contribution < 1.29 is 13.5 Å². The van der Waals surface area contributed by atoms with Gasteiger partial charge in [-0.15, -0.1) is 0 Å². The third-order valence-electron chi connectivity index (χ3n) is 5.19. The van der Waals surface area contributed by atoms with Crippen LogP contribution in [0.5, 0.6) is 0 Å². The highest BCUT2D eigenvalue weighted by molar-refractivity contribution is 4.91. The van der Waals surface area contributed by atoms with Gasteiger partial charge in [-0.25, -0.2) is 8.78 Å². The van der Waals surface area contributed by atoms with Crippen molar-refractivity contribution in [1.82, 2.24) is 9.80 Å². The number of hydrogen-bond acceptors (Lipinski definition) is 3. The van der Waals surface area contributed by atoms with Gasteiger partial charge in [-0.1, -0.05) is 0 Å². The molecule has 130 valence electrons. The predicted molar refractivity (Wildman–Crippen MR) is 85.5 cm³/mol. The van der Waals surface area contributed by atoms with E-state index < -0.39 is 5.92 Å². The molecule has 0 amide bonds. The van der Waals surface area contributed by atoms with E-state index in [4.69, 9.17) is 4.74 Å². The zero-order valence-corrected chi connectivity index (χ0v) is 14.8. The van der Waals surface area contributed by atoms with Gasteiger partial charge >= 0.3 is 0 Å². The monoisotopic (exact) mass is 318 g/mol. The normalized spacial score (nSPS) is 27.7. The van der Waals surface area contributed by atoms with Gasteiger partial charge in [0.15, 0.2) is 0 Å². The molecule has 2 rings (SSSR count). The molecule has 0 N–H and O–H groups in total. The third-order valence-corrected chi connectivity index (χ3v) is 5.19. The molecule has 2 saturated heterocycles. The lowest BCUT2D eigenvalue weighted by Gasteiger charge is -2.35. The lowest BCUT2D eigenvalue weighted by atomic mass is 9.99. The Hall–Kier alpha value is -0.260. The highest BCUT2D eigenvalue weighted by Crippen LogP contribution is 2.33. The summed E-state index contributed by atoms with van der Waals surface area (Å²) >= 11 is 0. The van der Waals surface area contributed by atoms with E-state index in [1.165, 1.54) is 0 Å². The van der Waals surface area contributed by atoms with Crippen LogP contribution in [0.1, 0.15) is 53.9 Å². The summed E-state index contributed by atoms with van der Waals surface area (Å²) in [6.07, 6.45) is 2.14. The van der Waals surface area contributed by atoms with Gasteiger partial charge in [-0.3, -0.25) is 9.80 Å². The molecule has 1 atom stereocenters. The van der Waals surface area contributed by atoms with Crippen molar-refractivity contribution in [3.8, 4) is 0 Å². The van der Waals surface area contributed by atoms with E-state index in [2.05, 4.69) is 25.7 Å². The van der Waals surface area contributed by atoms with Crippen molar-refractivity contribution >= 4 is 0 Å². The number of rotatable bonds is 5. The van der Waals surface area contributed by atoms with Crippen molar-refractivity contribution in [3.63, 3.8) is 0 Å². The van der Waals surface area contributed by atoms with E-state index >= 15 is 0 Å². The van der Waals surface area contributed by atoms with Gasteiger partial charge < -0.3 is 4.74 Å². The maximum absolute atomic E-state index is 13.4. The summed E-state index contributed by atoms with van der Waals surface area (Å²) in [5.41, 5.74) is -0.0270. The van der Waals surface area contributed by atoms with Crippen LogP contribution in [-0.4, -0.2) is 65.7 Å². The van der Waals surface area contributed by atoms with Gasteiger partial charge in [0.25, 0.3) is 5.92 Å². The number of hydrogen-bond donors (Lipinski definition) is 0. The Bertz CT molecular complexity index is 379. The molecule has 0 spiro atoms. The fraction of sp³-hybridized carbons (Fsp3) is 1.00. The first-order valence-corrected chi connectivity index (χ1v) is 8.49. The molecule has 0 unspecified atom stereocenters. The quantitative estimate of drug-likeness (QED) is 0.773. The van der Waals surface area contributed by atoms with Gasteiger partial charge in [0.2, 0.25) is 0 Å². The number of likely N-dealkylation sites (tertiary alicyclic amines) is 2. The van der Waals surface area contributed by atoms with Crippen LogP contribution in [0.15, 0.2) is 0 Å². The Kier molecular flexibility index (Phi) is 5.20. The highest BCUT2D eigenvalue weighted by Gasteiger charge is 2.43. The first kappa shape index (κ1) is 18.1. The Morgan fingerprint density at radius 1 is 1.09 bits per heavy atom. The van der Waals surface area contributed by atoms with Crippen molar-refractivity contribution in [2.24, 2.45) is 0 Å². The van der Waals surface area contributed by atoms with Crippen LogP contribution in [-0.2, 0) is 4.74 Å². The Morgan fingerprint density at radius 3 is 2.27 bits per heavy atom. The Morgan fingerprint density at radius 2 is 1.77 bits per heavy atom. The van der Waals surface area contributed by atoms with Crippen molar-refractivity contribution in [2.45, 2.75) is 77.0 Å². The summed E-state index contributed by atoms with van der Waals surface area (Å²) in [5, 5.41) is 0. The smallest absolute Gasteiger partial charge is 0.261 e. The van der Waals surface area contributed by atoms with E-state index in [9.17, 15) is 8.78 Å². The van der Waals surface area contributed by atoms with Crippen molar-refractivity contribution in [2.75, 3.05) is 32.8 Å². The van der Waals surface area contributed by atoms with Gasteiger partial charge in [-0.05, 0) is 47.5 Å². The molecule has 0 aromatic rings. The standard InChI is InChI=1S/C17H32F2N2O/c1-15(2,3)20-9-6-14(12-20)22-11-8-16(4,5)21-10-7-17(18,19)13-21/h14H,6-13H2,1-5H3/t14-/m1/s1. The summed E-state index contributed by atoms with van der Waals surface area (Å²) in [5.74, 6) is -2.52. The van der Waals surface area contributed by atoms with Crippen LogP contribution in [0.25, 0.3) is 0 Å². The molecule has 2 aliphatic rings. The SMILES string of the molecule is CC(C)(C)N1CC[C@@H](OCCC(C)(C)N2CCC(F)(F)C2)C1.